The highest BCUT2D eigenvalue weighted by molar-refractivity contribution is 6.30. The van der Waals surface area contributed by atoms with E-state index in [-0.39, 0.29) is 5.91 Å². The summed E-state index contributed by atoms with van der Waals surface area (Å²) in [4.78, 5) is 12.2. The summed E-state index contributed by atoms with van der Waals surface area (Å²) in [6.45, 7) is 2.93. The van der Waals surface area contributed by atoms with Gasteiger partial charge in [-0.1, -0.05) is 35.9 Å². The summed E-state index contributed by atoms with van der Waals surface area (Å²) in [7, 11) is 0. The second-order valence-corrected chi connectivity index (χ2v) is 6.58. The molecule has 1 N–H and O–H groups in total. The quantitative estimate of drug-likeness (QED) is 0.417. The Kier molecular flexibility index (Phi) is 7.25. The lowest BCUT2D eigenvalue weighted by molar-refractivity contribution is 0.0955. The van der Waals surface area contributed by atoms with E-state index in [2.05, 4.69) is 10.5 Å². The van der Waals surface area contributed by atoms with Gasteiger partial charge in [-0.2, -0.15) is 5.10 Å². The molecule has 3 aromatic carbocycles. The van der Waals surface area contributed by atoms with Crippen LogP contribution in [0, 0.1) is 0 Å². The standard InChI is InChI=1S/C23H21ClN2O3/c1-2-28-21-12-8-19(9-13-21)23(27)26-25-15-18-4-3-5-22(14-18)29-16-17-6-10-20(24)11-7-17/h3-15H,2,16H2,1H3,(H,26,27)/b25-15+. The second-order valence-electron chi connectivity index (χ2n) is 6.14. The van der Waals surface area contributed by atoms with Crippen LogP contribution in [-0.4, -0.2) is 18.7 Å². The summed E-state index contributed by atoms with van der Waals surface area (Å²) in [5, 5.41) is 4.71. The van der Waals surface area contributed by atoms with Crippen molar-refractivity contribution < 1.29 is 14.3 Å². The Morgan fingerprint density at radius 3 is 2.48 bits per heavy atom. The van der Waals surface area contributed by atoms with Crippen LogP contribution in [0.15, 0.2) is 77.9 Å². The van der Waals surface area contributed by atoms with Crippen LogP contribution in [0.5, 0.6) is 11.5 Å². The SMILES string of the molecule is CCOc1ccc(C(=O)N/N=C/c2cccc(OCc3ccc(Cl)cc3)c2)cc1. The fraction of sp³-hybridized carbons (Fsp3) is 0.130. The zero-order valence-electron chi connectivity index (χ0n) is 16.0. The number of hydrogen-bond acceptors (Lipinski definition) is 4. The molecule has 0 aromatic heterocycles. The van der Waals surface area contributed by atoms with Crippen LogP contribution in [-0.2, 0) is 6.61 Å². The van der Waals surface area contributed by atoms with Gasteiger partial charge in [0, 0.05) is 10.6 Å². The maximum atomic E-state index is 12.2. The Balaban J connectivity index is 1.54. The highest BCUT2D eigenvalue weighted by Crippen LogP contribution is 2.16. The number of hydrogen-bond donors (Lipinski definition) is 1. The van der Waals surface area contributed by atoms with E-state index >= 15 is 0 Å². The van der Waals surface area contributed by atoms with Crippen molar-refractivity contribution in [3.63, 3.8) is 0 Å². The summed E-state index contributed by atoms with van der Waals surface area (Å²) in [5.41, 5.74) is 4.86. The maximum Gasteiger partial charge on any atom is 0.271 e. The number of benzene rings is 3. The Hall–Kier alpha value is -3.31. The number of nitrogens with one attached hydrogen (secondary N) is 1. The first-order valence-corrected chi connectivity index (χ1v) is 9.55. The number of hydrazone groups is 1. The van der Waals surface area contributed by atoms with Crippen LogP contribution < -0.4 is 14.9 Å². The first-order chi connectivity index (χ1) is 14.1. The smallest absolute Gasteiger partial charge is 0.271 e. The molecule has 0 aliphatic rings. The number of halogens is 1. The molecule has 0 spiro atoms. The molecule has 0 atom stereocenters. The van der Waals surface area contributed by atoms with E-state index in [1.54, 1.807) is 30.5 Å². The van der Waals surface area contributed by atoms with Gasteiger partial charge >= 0.3 is 0 Å². The van der Waals surface area contributed by atoms with Crippen molar-refractivity contribution in [2.24, 2.45) is 5.10 Å². The van der Waals surface area contributed by atoms with Crippen LogP contribution in [0.25, 0.3) is 0 Å². The summed E-state index contributed by atoms with van der Waals surface area (Å²) < 4.78 is 11.2. The fourth-order valence-electron chi connectivity index (χ4n) is 2.53. The number of amides is 1. The molecule has 148 valence electrons. The number of rotatable bonds is 8. The summed E-state index contributed by atoms with van der Waals surface area (Å²) in [5.74, 6) is 1.14. The molecule has 3 aromatic rings. The molecule has 0 unspecified atom stereocenters. The lowest BCUT2D eigenvalue weighted by Crippen LogP contribution is -2.17. The van der Waals surface area contributed by atoms with Crippen molar-refractivity contribution in [2.75, 3.05) is 6.61 Å². The Morgan fingerprint density at radius 1 is 1.00 bits per heavy atom. The number of carbonyl (C=O) groups is 1. The van der Waals surface area contributed by atoms with Crippen LogP contribution in [0.1, 0.15) is 28.4 Å². The number of carbonyl (C=O) groups excluding carboxylic acids is 1. The van der Waals surface area contributed by atoms with E-state index in [1.807, 2.05) is 55.5 Å². The number of ether oxygens (including phenoxy) is 2. The van der Waals surface area contributed by atoms with Crippen molar-refractivity contribution in [3.05, 3.63) is 94.5 Å². The van der Waals surface area contributed by atoms with E-state index in [9.17, 15) is 4.79 Å². The molecular formula is C23H21ClN2O3. The average Bonchev–Trinajstić information content (AvgIpc) is 2.74. The zero-order valence-corrected chi connectivity index (χ0v) is 16.7. The summed E-state index contributed by atoms with van der Waals surface area (Å²) >= 11 is 5.89. The first kappa shape index (κ1) is 20.4. The molecule has 0 fully saturated rings. The van der Waals surface area contributed by atoms with Crippen molar-refractivity contribution in [3.8, 4) is 11.5 Å². The third-order valence-electron chi connectivity index (χ3n) is 3.98. The van der Waals surface area contributed by atoms with Gasteiger partial charge < -0.3 is 9.47 Å². The molecule has 0 bridgehead atoms. The molecule has 6 heteroatoms. The average molecular weight is 409 g/mol. The van der Waals surface area contributed by atoms with Crippen LogP contribution in [0.4, 0.5) is 0 Å². The van der Waals surface area contributed by atoms with E-state index < -0.39 is 0 Å². The molecule has 3 rings (SSSR count). The Bertz CT molecular complexity index is 970. The van der Waals surface area contributed by atoms with Gasteiger partial charge in [0.25, 0.3) is 5.91 Å². The van der Waals surface area contributed by atoms with E-state index in [1.165, 1.54) is 0 Å². The third kappa shape index (κ3) is 6.36. The minimum Gasteiger partial charge on any atom is -0.494 e. The Labute approximate surface area is 174 Å². The van der Waals surface area contributed by atoms with Gasteiger partial charge in [0.1, 0.15) is 18.1 Å². The largest absolute Gasteiger partial charge is 0.494 e. The molecule has 0 radical (unpaired) electrons. The molecule has 5 nitrogen and oxygen atoms in total. The minimum absolute atomic E-state index is 0.292. The van der Waals surface area contributed by atoms with E-state index in [4.69, 9.17) is 21.1 Å². The summed E-state index contributed by atoms with van der Waals surface area (Å²) in [6, 6.07) is 21.9. The highest BCUT2D eigenvalue weighted by Gasteiger charge is 2.04. The van der Waals surface area contributed by atoms with E-state index in [0.717, 1.165) is 16.9 Å². The molecular weight excluding hydrogens is 388 g/mol. The van der Waals surface area contributed by atoms with Crippen LogP contribution >= 0.6 is 11.6 Å². The molecule has 0 aliphatic heterocycles. The monoisotopic (exact) mass is 408 g/mol. The van der Waals surface area contributed by atoms with Gasteiger partial charge in [0.05, 0.1) is 12.8 Å². The van der Waals surface area contributed by atoms with Crippen molar-refractivity contribution in [1.82, 2.24) is 5.43 Å². The van der Waals surface area contributed by atoms with Crippen molar-refractivity contribution >= 4 is 23.7 Å². The molecule has 0 saturated heterocycles. The molecule has 29 heavy (non-hydrogen) atoms. The Morgan fingerprint density at radius 2 is 1.76 bits per heavy atom. The molecule has 0 aliphatic carbocycles. The fourth-order valence-corrected chi connectivity index (χ4v) is 2.66. The third-order valence-corrected chi connectivity index (χ3v) is 4.24. The highest BCUT2D eigenvalue weighted by atomic mass is 35.5. The lowest BCUT2D eigenvalue weighted by atomic mass is 10.2. The van der Waals surface area contributed by atoms with Gasteiger partial charge in [-0.25, -0.2) is 5.43 Å². The molecule has 1 amide bonds. The second kappa shape index (κ2) is 10.3. The topological polar surface area (TPSA) is 59.9 Å². The normalized spacial score (nSPS) is 10.7. The van der Waals surface area contributed by atoms with Crippen LogP contribution in [0.3, 0.4) is 0 Å². The zero-order chi connectivity index (χ0) is 20.5. The summed E-state index contributed by atoms with van der Waals surface area (Å²) in [6.07, 6.45) is 1.57. The van der Waals surface area contributed by atoms with Gasteiger partial charge in [0.15, 0.2) is 0 Å². The van der Waals surface area contributed by atoms with Gasteiger partial charge in [0.2, 0.25) is 0 Å². The van der Waals surface area contributed by atoms with Crippen molar-refractivity contribution in [1.29, 1.82) is 0 Å². The van der Waals surface area contributed by atoms with Gasteiger partial charge in [-0.05, 0) is 66.6 Å². The molecule has 0 heterocycles. The van der Waals surface area contributed by atoms with Gasteiger partial charge in [-0.3, -0.25) is 4.79 Å². The first-order valence-electron chi connectivity index (χ1n) is 9.17. The van der Waals surface area contributed by atoms with Crippen LogP contribution in [0.2, 0.25) is 5.02 Å². The van der Waals surface area contributed by atoms with Gasteiger partial charge in [-0.15, -0.1) is 0 Å². The minimum atomic E-state index is -0.292. The van der Waals surface area contributed by atoms with E-state index in [0.29, 0.717) is 29.5 Å². The molecule has 0 saturated carbocycles. The maximum absolute atomic E-state index is 12.2. The van der Waals surface area contributed by atoms with Crippen molar-refractivity contribution in [2.45, 2.75) is 13.5 Å². The lowest BCUT2D eigenvalue weighted by Gasteiger charge is -2.07. The predicted octanol–water partition coefficient (Wildman–Crippen LogP) is 5.08. The number of nitrogens with zero attached hydrogens (tertiary/aromatic N) is 1. The predicted molar refractivity (Wildman–Crippen MR) is 115 cm³/mol.